The van der Waals surface area contributed by atoms with Crippen LogP contribution in [0.3, 0.4) is 0 Å². The fourth-order valence-corrected chi connectivity index (χ4v) is 7.13. The number of esters is 1. The third-order valence-corrected chi connectivity index (χ3v) is 9.06. The molecule has 35 heavy (non-hydrogen) atoms. The molecular weight excluding hydrogens is 460 g/mol. The molecule has 10 heteroatoms. The zero-order chi connectivity index (χ0) is 26.2. The molecule has 2 saturated heterocycles. The van der Waals surface area contributed by atoms with Crippen molar-refractivity contribution in [1.82, 2.24) is 0 Å². The van der Waals surface area contributed by atoms with Crippen LogP contribution in [0.15, 0.2) is 12.7 Å². The normalized spacial score (nSPS) is 49.5. The molecule has 2 aliphatic carbocycles. The predicted octanol–water partition coefficient (Wildman–Crippen LogP) is 0.0944. The lowest BCUT2D eigenvalue weighted by atomic mass is 9.39. The van der Waals surface area contributed by atoms with Crippen molar-refractivity contribution in [1.29, 1.82) is 0 Å². The highest BCUT2D eigenvalue weighted by Gasteiger charge is 2.83. The number of aliphatic hydroxyl groups is 3. The molecule has 0 aromatic carbocycles. The smallest absolute Gasteiger partial charge is 0.338 e. The van der Waals surface area contributed by atoms with Crippen molar-refractivity contribution in [3.63, 3.8) is 0 Å². The van der Waals surface area contributed by atoms with Gasteiger partial charge in [0, 0.05) is 11.3 Å². The molecule has 0 spiro atoms. The van der Waals surface area contributed by atoms with Gasteiger partial charge in [-0.15, -0.1) is 0 Å². The number of Topliss-reactive ketones (excluding diaryl/α,β-unsaturated/α-hetero) is 2. The predicted molar refractivity (Wildman–Crippen MR) is 120 cm³/mol. The first kappa shape index (κ1) is 26.4. The summed E-state index contributed by atoms with van der Waals surface area (Å²) in [6.07, 6.45) is -3.54. The van der Waals surface area contributed by atoms with Crippen molar-refractivity contribution in [2.75, 3.05) is 19.8 Å². The Hall–Kier alpha value is -1.69. The molecule has 2 saturated carbocycles. The summed E-state index contributed by atoms with van der Waals surface area (Å²) in [5, 5.41) is 35.3. The van der Waals surface area contributed by atoms with E-state index >= 15 is 0 Å². The van der Waals surface area contributed by atoms with Gasteiger partial charge in [0.05, 0.1) is 32.0 Å². The van der Waals surface area contributed by atoms with E-state index in [1.807, 2.05) is 13.8 Å². The van der Waals surface area contributed by atoms with Crippen molar-refractivity contribution in [3.05, 3.63) is 12.7 Å². The maximum atomic E-state index is 13.8. The van der Waals surface area contributed by atoms with Gasteiger partial charge in [-0.2, -0.15) is 0 Å². The Kier molecular flexibility index (Phi) is 6.15. The molecule has 4 aliphatic rings. The van der Waals surface area contributed by atoms with E-state index in [9.17, 15) is 29.7 Å². The summed E-state index contributed by atoms with van der Waals surface area (Å²) in [4.78, 5) is 40.1. The maximum Gasteiger partial charge on any atom is 0.338 e. The molecule has 3 N–H and O–H groups in total. The summed E-state index contributed by atoms with van der Waals surface area (Å²) in [5.74, 6) is -4.01. The average molecular weight is 497 g/mol. The average Bonchev–Trinajstić information content (AvgIpc) is 2.81. The van der Waals surface area contributed by atoms with Crippen molar-refractivity contribution in [2.45, 2.75) is 88.7 Å². The van der Waals surface area contributed by atoms with Crippen molar-refractivity contribution < 1.29 is 48.7 Å². The van der Waals surface area contributed by atoms with Crippen LogP contribution in [0.4, 0.5) is 0 Å². The molecule has 0 radical (unpaired) electrons. The fraction of sp³-hybridized carbons (Fsp3) is 0.800. The Morgan fingerprint density at radius 2 is 1.77 bits per heavy atom. The number of ether oxygens (including phenoxy) is 4. The molecular formula is C25H36O10. The lowest BCUT2D eigenvalue weighted by Crippen LogP contribution is -2.88. The molecule has 2 aliphatic heterocycles. The number of carbonyl (C=O) groups is 3. The van der Waals surface area contributed by atoms with Crippen LogP contribution >= 0.6 is 0 Å². The van der Waals surface area contributed by atoms with E-state index in [-0.39, 0.29) is 19.6 Å². The van der Waals surface area contributed by atoms with Crippen LogP contribution in [-0.4, -0.2) is 93.9 Å². The molecule has 1 unspecified atom stereocenters. The van der Waals surface area contributed by atoms with Gasteiger partial charge in [-0.25, -0.2) is 4.79 Å². The summed E-state index contributed by atoms with van der Waals surface area (Å²) in [5.41, 5.74) is -9.01. The highest BCUT2D eigenvalue weighted by molar-refractivity contribution is 6.44. The number of aliphatic hydroxyl groups excluding tert-OH is 2. The second-order valence-electron chi connectivity index (χ2n) is 11.5. The van der Waals surface area contributed by atoms with Crippen LogP contribution in [0.5, 0.6) is 0 Å². The highest BCUT2D eigenvalue weighted by atomic mass is 16.6. The van der Waals surface area contributed by atoms with E-state index in [0.29, 0.717) is 13.0 Å². The largest absolute Gasteiger partial charge is 0.454 e. The Labute approximate surface area is 204 Å². The van der Waals surface area contributed by atoms with Crippen LogP contribution in [0.25, 0.3) is 0 Å². The number of rotatable bonds is 3. The molecule has 0 amide bonds. The molecule has 9 atom stereocenters. The van der Waals surface area contributed by atoms with Crippen LogP contribution < -0.4 is 0 Å². The SMILES string of the molecule is C=C[C@]1(C)O[C@]2(C)[C@@H](OC(=O)C3COCCO3)[C@@H](O)[C@H]3C(C)(C)CC[C@H](O)[C@]3(C)[C@@]2(O)C(=O)C1=O. The van der Waals surface area contributed by atoms with Crippen LogP contribution in [0.1, 0.15) is 47.5 Å². The van der Waals surface area contributed by atoms with Crippen molar-refractivity contribution in [3.8, 4) is 0 Å². The summed E-state index contributed by atoms with van der Waals surface area (Å²) in [6, 6.07) is 0. The number of fused-ring (bicyclic) bond motifs is 3. The minimum Gasteiger partial charge on any atom is -0.454 e. The van der Waals surface area contributed by atoms with Gasteiger partial charge in [0.2, 0.25) is 11.6 Å². The summed E-state index contributed by atoms with van der Waals surface area (Å²) in [6.45, 7) is 11.9. The van der Waals surface area contributed by atoms with Crippen molar-refractivity contribution in [2.24, 2.45) is 16.7 Å². The Bertz CT molecular complexity index is 941. The number of hydrogen-bond acceptors (Lipinski definition) is 10. The van der Waals surface area contributed by atoms with Gasteiger partial charge < -0.3 is 34.3 Å². The molecule has 0 aromatic rings. The van der Waals surface area contributed by atoms with Crippen LogP contribution in [-0.2, 0) is 33.3 Å². The molecule has 0 aromatic heterocycles. The lowest BCUT2D eigenvalue weighted by molar-refractivity contribution is -0.363. The molecule has 2 heterocycles. The first-order chi connectivity index (χ1) is 16.1. The van der Waals surface area contributed by atoms with Gasteiger partial charge in [0.15, 0.2) is 23.4 Å². The molecule has 10 nitrogen and oxygen atoms in total. The summed E-state index contributed by atoms with van der Waals surface area (Å²) in [7, 11) is 0. The molecule has 4 rings (SSSR count). The molecule has 0 bridgehead atoms. The number of hydrogen-bond donors (Lipinski definition) is 3. The maximum absolute atomic E-state index is 13.8. The van der Waals surface area contributed by atoms with E-state index < -0.39 is 75.5 Å². The summed E-state index contributed by atoms with van der Waals surface area (Å²) < 4.78 is 22.6. The van der Waals surface area contributed by atoms with E-state index in [0.717, 1.165) is 6.08 Å². The number of ketones is 2. The van der Waals surface area contributed by atoms with Gasteiger partial charge in [0.1, 0.15) is 5.60 Å². The van der Waals surface area contributed by atoms with Gasteiger partial charge >= 0.3 is 5.97 Å². The van der Waals surface area contributed by atoms with Crippen LogP contribution in [0.2, 0.25) is 0 Å². The van der Waals surface area contributed by atoms with E-state index in [1.165, 1.54) is 20.8 Å². The zero-order valence-corrected chi connectivity index (χ0v) is 20.9. The Morgan fingerprint density at radius 1 is 1.11 bits per heavy atom. The second-order valence-corrected chi connectivity index (χ2v) is 11.5. The fourth-order valence-electron chi connectivity index (χ4n) is 7.13. The number of carbonyl (C=O) groups excluding carboxylic acids is 3. The lowest BCUT2D eigenvalue weighted by Gasteiger charge is -2.70. The highest BCUT2D eigenvalue weighted by Crippen LogP contribution is 2.66. The minimum absolute atomic E-state index is 0.0589. The first-order valence-corrected chi connectivity index (χ1v) is 12.0. The Morgan fingerprint density at radius 3 is 2.34 bits per heavy atom. The third-order valence-electron chi connectivity index (χ3n) is 9.06. The first-order valence-electron chi connectivity index (χ1n) is 12.0. The minimum atomic E-state index is -2.63. The third kappa shape index (κ3) is 3.27. The monoisotopic (exact) mass is 496 g/mol. The van der Waals surface area contributed by atoms with Gasteiger partial charge in [-0.05, 0) is 32.1 Å². The molecule has 196 valence electrons. The van der Waals surface area contributed by atoms with Crippen LogP contribution in [0, 0.1) is 16.7 Å². The van der Waals surface area contributed by atoms with Gasteiger partial charge in [-0.3, -0.25) is 9.59 Å². The van der Waals surface area contributed by atoms with Crippen molar-refractivity contribution >= 4 is 17.5 Å². The Balaban J connectivity index is 1.91. The van der Waals surface area contributed by atoms with E-state index in [1.54, 1.807) is 0 Å². The van der Waals surface area contributed by atoms with E-state index in [2.05, 4.69) is 6.58 Å². The van der Waals surface area contributed by atoms with Gasteiger partial charge in [-0.1, -0.05) is 33.4 Å². The zero-order valence-electron chi connectivity index (χ0n) is 20.9. The van der Waals surface area contributed by atoms with Gasteiger partial charge in [0.25, 0.3) is 0 Å². The van der Waals surface area contributed by atoms with E-state index in [4.69, 9.17) is 18.9 Å². The summed E-state index contributed by atoms with van der Waals surface area (Å²) >= 11 is 0. The second kappa shape index (κ2) is 8.16. The quantitative estimate of drug-likeness (QED) is 0.279. The topological polar surface area (TPSA) is 149 Å². The standard InChI is InChI=1S/C25H36O10/c1-7-22(4)17(28)18(29)25(31)23(5)14(26)8-9-21(2,3)16(23)15(27)19(24(25,6)35-22)34-20(30)13-12-32-10-11-33-13/h7,13-16,19,26-27,31H,1,8-12H2,2-6H3/t13?,14-,15-,16-,19-,22-,23-,24+,25-/m0/s1. The molecule has 4 fully saturated rings.